The molecule has 2 aliphatic rings. The third-order valence-electron chi connectivity index (χ3n) is 8.56. The summed E-state index contributed by atoms with van der Waals surface area (Å²) in [6.45, 7) is 2.66. The summed E-state index contributed by atoms with van der Waals surface area (Å²) in [6, 6.07) is 15.3. The summed E-state index contributed by atoms with van der Waals surface area (Å²) < 4.78 is 14.0. The van der Waals surface area contributed by atoms with Crippen LogP contribution in [0.2, 0.25) is 0 Å². The number of carboxylic acids is 1. The van der Waals surface area contributed by atoms with Crippen LogP contribution in [0.3, 0.4) is 0 Å². The van der Waals surface area contributed by atoms with Gasteiger partial charge in [0, 0.05) is 46.9 Å². The van der Waals surface area contributed by atoms with Gasteiger partial charge in [-0.3, -0.25) is 9.78 Å². The number of amides is 1. The van der Waals surface area contributed by atoms with Crippen molar-refractivity contribution in [2.45, 2.75) is 63.5 Å². The molecular formula is C33H35N3O5. The van der Waals surface area contributed by atoms with Gasteiger partial charge in [0.1, 0.15) is 23.6 Å². The Bertz CT molecular complexity index is 1610. The van der Waals surface area contributed by atoms with Crippen LogP contribution in [0.1, 0.15) is 66.4 Å². The summed E-state index contributed by atoms with van der Waals surface area (Å²) in [5.41, 5.74) is 4.18. The van der Waals surface area contributed by atoms with E-state index in [-0.39, 0.29) is 6.42 Å². The first-order valence-corrected chi connectivity index (χ1v) is 14.3. The van der Waals surface area contributed by atoms with E-state index in [9.17, 15) is 14.7 Å². The third-order valence-corrected chi connectivity index (χ3v) is 8.56. The van der Waals surface area contributed by atoms with E-state index >= 15 is 0 Å². The summed E-state index contributed by atoms with van der Waals surface area (Å²) in [7, 11) is 1.65. The Balaban J connectivity index is 1.44. The number of benzene rings is 2. The van der Waals surface area contributed by atoms with Crippen molar-refractivity contribution < 1.29 is 24.2 Å². The minimum absolute atomic E-state index is 0.142. The van der Waals surface area contributed by atoms with Crippen molar-refractivity contribution in [1.29, 1.82) is 0 Å². The topological polar surface area (TPSA) is 103 Å². The highest BCUT2D eigenvalue weighted by atomic mass is 16.5. The molecule has 0 unspecified atom stereocenters. The maximum absolute atomic E-state index is 13.6. The Hall–Kier alpha value is -4.33. The molecule has 4 aromatic rings. The Morgan fingerprint density at radius 3 is 2.61 bits per heavy atom. The van der Waals surface area contributed by atoms with Crippen molar-refractivity contribution >= 4 is 22.8 Å². The third kappa shape index (κ3) is 5.03. The minimum atomic E-state index is -1.48. The second-order valence-corrected chi connectivity index (χ2v) is 11.3. The van der Waals surface area contributed by atoms with Crippen LogP contribution < -0.4 is 14.8 Å². The van der Waals surface area contributed by atoms with E-state index in [1.54, 1.807) is 38.6 Å². The number of aromatic nitrogens is 2. The summed E-state index contributed by atoms with van der Waals surface area (Å²) in [5, 5.41) is 14.0. The number of nitrogens with zero attached hydrogens (tertiary/aromatic N) is 2. The number of ether oxygens (including phenoxy) is 2. The normalized spacial score (nSPS) is 16.5. The van der Waals surface area contributed by atoms with Gasteiger partial charge in [0.25, 0.3) is 5.91 Å². The van der Waals surface area contributed by atoms with Gasteiger partial charge < -0.3 is 24.5 Å². The van der Waals surface area contributed by atoms with Gasteiger partial charge >= 0.3 is 5.97 Å². The largest absolute Gasteiger partial charge is 0.497 e. The number of methoxy groups -OCH3 is 1. The van der Waals surface area contributed by atoms with E-state index in [1.165, 1.54) is 24.8 Å². The van der Waals surface area contributed by atoms with Gasteiger partial charge in [-0.25, -0.2) is 4.79 Å². The molecule has 41 heavy (non-hydrogen) atoms. The Kier molecular flexibility index (Phi) is 7.15. The Labute approximate surface area is 239 Å². The van der Waals surface area contributed by atoms with Crippen LogP contribution in [-0.4, -0.2) is 45.8 Å². The molecule has 3 heterocycles. The summed E-state index contributed by atoms with van der Waals surface area (Å²) in [6.07, 6.45) is 9.31. The van der Waals surface area contributed by atoms with Crippen molar-refractivity contribution in [1.82, 2.24) is 14.9 Å². The maximum Gasteiger partial charge on any atom is 0.329 e. The second kappa shape index (κ2) is 10.9. The zero-order valence-electron chi connectivity index (χ0n) is 23.5. The Morgan fingerprint density at radius 1 is 1.10 bits per heavy atom. The van der Waals surface area contributed by atoms with Crippen LogP contribution >= 0.6 is 0 Å². The van der Waals surface area contributed by atoms with E-state index < -0.39 is 17.4 Å². The molecule has 2 aromatic carbocycles. The predicted octanol–water partition coefficient (Wildman–Crippen LogP) is 5.97. The van der Waals surface area contributed by atoms with Crippen LogP contribution in [0, 0.1) is 0 Å². The Morgan fingerprint density at radius 2 is 1.88 bits per heavy atom. The highest BCUT2D eigenvalue weighted by Crippen LogP contribution is 2.47. The zero-order valence-corrected chi connectivity index (χ0v) is 23.5. The van der Waals surface area contributed by atoms with Crippen molar-refractivity contribution in [2.75, 3.05) is 13.7 Å². The van der Waals surface area contributed by atoms with Crippen molar-refractivity contribution in [3.8, 4) is 22.8 Å². The standard InChI is InChI=1S/C33H35N3O5/c1-33(32(38)39,20-21-12-14-34-15-13-21)35-31(37)23-8-10-25-27(18-23)36-16-17-41-28-19-24(40-2)9-11-26(28)30(36)29(25)22-6-4-3-5-7-22/h8-15,18-19,22H,3-7,16-17,20H2,1-2H3,(H,35,37)(H,38,39)/t33-/m0/s1. The van der Waals surface area contributed by atoms with Crippen LogP contribution in [0.4, 0.5) is 0 Å². The first-order valence-electron chi connectivity index (χ1n) is 14.3. The minimum Gasteiger partial charge on any atom is -0.497 e. The lowest BCUT2D eigenvalue weighted by molar-refractivity contribution is -0.143. The summed E-state index contributed by atoms with van der Waals surface area (Å²) in [4.78, 5) is 29.9. The molecule has 0 saturated heterocycles. The molecule has 0 bridgehead atoms. The van der Waals surface area contributed by atoms with Gasteiger partial charge in [-0.15, -0.1) is 0 Å². The van der Waals surface area contributed by atoms with Crippen molar-refractivity contribution in [3.05, 3.63) is 77.6 Å². The fraction of sp³-hybridized carbons (Fsp3) is 0.364. The summed E-state index contributed by atoms with van der Waals surface area (Å²) >= 11 is 0. The van der Waals surface area contributed by atoms with Crippen molar-refractivity contribution in [2.24, 2.45) is 0 Å². The number of fused-ring (bicyclic) bond motifs is 5. The first-order chi connectivity index (χ1) is 19.9. The number of carbonyl (C=O) groups is 2. The predicted molar refractivity (Wildman–Crippen MR) is 157 cm³/mol. The molecule has 2 N–H and O–H groups in total. The molecule has 212 valence electrons. The number of aliphatic carboxylic acids is 1. The molecular weight excluding hydrogens is 518 g/mol. The fourth-order valence-corrected chi connectivity index (χ4v) is 6.44. The lowest BCUT2D eigenvalue weighted by atomic mass is 9.81. The molecule has 1 amide bonds. The number of carboxylic acid groups (broad SMARTS) is 1. The monoisotopic (exact) mass is 553 g/mol. The number of hydrogen-bond acceptors (Lipinski definition) is 5. The molecule has 8 heteroatoms. The van der Waals surface area contributed by atoms with Gasteiger partial charge in [0.05, 0.1) is 19.3 Å². The van der Waals surface area contributed by atoms with Gasteiger partial charge in [-0.05, 0) is 73.2 Å². The number of nitrogens with one attached hydrogen (secondary N) is 1. The number of pyridine rings is 1. The van der Waals surface area contributed by atoms with E-state index in [4.69, 9.17) is 9.47 Å². The van der Waals surface area contributed by atoms with Crippen LogP contribution in [0.5, 0.6) is 11.5 Å². The maximum atomic E-state index is 13.6. The zero-order chi connectivity index (χ0) is 28.6. The molecule has 2 aromatic heterocycles. The molecule has 1 saturated carbocycles. The molecule has 1 fully saturated rings. The molecule has 1 aliphatic carbocycles. The number of hydrogen-bond donors (Lipinski definition) is 2. The van der Waals surface area contributed by atoms with E-state index in [2.05, 4.69) is 20.9 Å². The molecule has 0 radical (unpaired) electrons. The quantitative estimate of drug-likeness (QED) is 0.292. The first kappa shape index (κ1) is 26.9. The molecule has 1 atom stereocenters. The van der Waals surface area contributed by atoms with Gasteiger partial charge in [-0.2, -0.15) is 0 Å². The number of rotatable bonds is 7. The van der Waals surface area contributed by atoms with Gasteiger partial charge in [0.2, 0.25) is 0 Å². The van der Waals surface area contributed by atoms with Gasteiger partial charge in [0.15, 0.2) is 0 Å². The number of carbonyl (C=O) groups excluding carboxylic acids is 1. The lowest BCUT2D eigenvalue weighted by Crippen LogP contribution is -2.53. The molecule has 8 nitrogen and oxygen atoms in total. The van der Waals surface area contributed by atoms with E-state index in [1.807, 2.05) is 30.3 Å². The summed E-state index contributed by atoms with van der Waals surface area (Å²) in [5.74, 6) is 0.458. The van der Waals surface area contributed by atoms with Crippen LogP contribution in [-0.2, 0) is 17.8 Å². The van der Waals surface area contributed by atoms with Gasteiger partial charge in [-0.1, -0.05) is 25.3 Å². The smallest absolute Gasteiger partial charge is 0.329 e. The van der Waals surface area contributed by atoms with E-state index in [0.29, 0.717) is 24.6 Å². The second-order valence-electron chi connectivity index (χ2n) is 11.3. The average Bonchev–Trinajstić information content (AvgIpc) is 3.19. The molecule has 1 aliphatic heterocycles. The van der Waals surface area contributed by atoms with Crippen molar-refractivity contribution in [3.63, 3.8) is 0 Å². The average molecular weight is 554 g/mol. The van der Waals surface area contributed by atoms with Crippen LogP contribution in [0.15, 0.2) is 60.9 Å². The highest BCUT2D eigenvalue weighted by Gasteiger charge is 2.36. The highest BCUT2D eigenvalue weighted by molar-refractivity contribution is 6.03. The van der Waals surface area contributed by atoms with E-state index in [0.717, 1.165) is 52.1 Å². The van der Waals surface area contributed by atoms with Crippen LogP contribution in [0.25, 0.3) is 22.2 Å². The fourth-order valence-electron chi connectivity index (χ4n) is 6.44. The molecule has 0 spiro atoms. The molecule has 6 rings (SSSR count). The lowest BCUT2D eigenvalue weighted by Gasteiger charge is -2.26. The SMILES string of the molecule is COc1ccc2c(c1)OCCn1c-2c(C2CCCCC2)c2ccc(C(=O)N[C@@](C)(Cc3ccncc3)C(=O)O)cc21.